The molecule has 0 spiro atoms. The van der Waals surface area contributed by atoms with Crippen molar-refractivity contribution in [3.8, 4) is 0 Å². The highest BCUT2D eigenvalue weighted by atomic mass is 19.4. The lowest BCUT2D eigenvalue weighted by molar-refractivity contribution is -0.140. The van der Waals surface area contributed by atoms with Gasteiger partial charge >= 0.3 is 18.2 Å². The fourth-order valence-electron chi connectivity index (χ4n) is 2.51. The Bertz CT molecular complexity index is 765. The Hall–Kier alpha value is -3.11. The molecule has 0 aromatic heterocycles. The number of carbonyl (C=O) groups is 4. The molecule has 2 rings (SSSR count). The van der Waals surface area contributed by atoms with Crippen LogP contribution in [0.2, 0.25) is 0 Å². The summed E-state index contributed by atoms with van der Waals surface area (Å²) in [6.07, 6.45) is -4.75. The average Bonchev–Trinajstić information content (AvgIpc) is 2.70. The number of halogens is 3. The molecule has 1 atom stereocenters. The normalized spacial score (nSPS) is 20.4. The number of nitrogens with one attached hydrogen (secondary N) is 2. The van der Waals surface area contributed by atoms with Crippen LogP contribution in [0.1, 0.15) is 18.1 Å². The average molecular weight is 358 g/mol. The van der Waals surface area contributed by atoms with Crippen molar-refractivity contribution in [3.63, 3.8) is 0 Å². The summed E-state index contributed by atoms with van der Waals surface area (Å²) in [4.78, 5) is 47.0. The van der Waals surface area contributed by atoms with Crippen LogP contribution in [0, 0.1) is 0 Å². The number of hydrogen-bond donors (Lipinski definition) is 3. The second-order valence-electron chi connectivity index (χ2n) is 5.40. The van der Waals surface area contributed by atoms with Gasteiger partial charge in [-0.05, 0) is 18.6 Å². The molecule has 1 aromatic carbocycles. The molecule has 0 saturated carbocycles. The predicted molar refractivity (Wildman–Crippen MR) is 76.8 cm³/mol. The first kappa shape index (κ1) is 18.2. The van der Waals surface area contributed by atoms with Crippen LogP contribution < -0.4 is 16.4 Å². The third-order valence-electron chi connectivity index (χ3n) is 3.61. The lowest BCUT2D eigenvalue weighted by Crippen LogP contribution is -2.46. The van der Waals surface area contributed by atoms with Crippen molar-refractivity contribution in [3.05, 3.63) is 35.4 Å². The summed E-state index contributed by atoms with van der Waals surface area (Å²) in [5.41, 5.74) is 1.18. The van der Waals surface area contributed by atoms with E-state index in [4.69, 9.17) is 5.73 Å². The van der Waals surface area contributed by atoms with E-state index in [0.717, 1.165) is 25.1 Å². The summed E-state index contributed by atoms with van der Waals surface area (Å²) in [6.45, 7) is 0.237. The van der Waals surface area contributed by atoms with E-state index in [-0.39, 0.29) is 0 Å². The smallest absolute Gasteiger partial charge is 0.351 e. The molecule has 1 saturated heterocycles. The number of imide groups is 2. The van der Waals surface area contributed by atoms with Gasteiger partial charge < -0.3 is 11.1 Å². The van der Waals surface area contributed by atoms with E-state index in [0.29, 0.717) is 4.90 Å². The maximum atomic E-state index is 13.2. The van der Waals surface area contributed by atoms with Crippen LogP contribution in [-0.4, -0.2) is 35.3 Å². The number of alkyl halides is 3. The molecule has 4 N–H and O–H groups in total. The summed E-state index contributed by atoms with van der Waals surface area (Å²) in [5.74, 6) is -2.11. The fraction of sp³-hybridized carbons (Fsp3) is 0.286. The maximum Gasteiger partial charge on any atom is 0.416 e. The summed E-state index contributed by atoms with van der Waals surface area (Å²) in [7, 11) is 0. The van der Waals surface area contributed by atoms with Gasteiger partial charge in [-0.2, -0.15) is 13.2 Å². The summed E-state index contributed by atoms with van der Waals surface area (Å²) in [6, 6.07) is 2.02. The van der Waals surface area contributed by atoms with Gasteiger partial charge in [0.2, 0.25) is 5.91 Å². The molecule has 6 amide bonds. The van der Waals surface area contributed by atoms with Gasteiger partial charge in [-0.25, -0.2) is 9.59 Å². The highest BCUT2D eigenvalue weighted by Crippen LogP contribution is 2.39. The number of nitrogens with two attached hydrogens (primary N) is 1. The first-order valence-corrected chi connectivity index (χ1v) is 6.87. The Labute approximate surface area is 139 Å². The zero-order valence-corrected chi connectivity index (χ0v) is 12.8. The minimum Gasteiger partial charge on any atom is -0.351 e. The number of rotatable bonds is 3. The summed E-state index contributed by atoms with van der Waals surface area (Å²) < 4.78 is 39.6. The number of benzene rings is 1. The van der Waals surface area contributed by atoms with Gasteiger partial charge in [-0.1, -0.05) is 18.2 Å². The van der Waals surface area contributed by atoms with Crippen LogP contribution in [0.15, 0.2) is 24.3 Å². The van der Waals surface area contributed by atoms with E-state index < -0.39 is 53.3 Å². The highest BCUT2D eigenvalue weighted by molar-refractivity contribution is 6.10. The van der Waals surface area contributed by atoms with E-state index in [1.807, 2.05) is 0 Å². The van der Waals surface area contributed by atoms with Crippen LogP contribution in [0.4, 0.5) is 22.8 Å². The topological polar surface area (TPSA) is 122 Å². The molecule has 1 unspecified atom stereocenters. The Balaban J connectivity index is 2.38. The van der Waals surface area contributed by atoms with Crippen LogP contribution in [0.25, 0.3) is 0 Å². The molecule has 0 aliphatic carbocycles. The standard InChI is InChI=1S/C14H13F3N4O4/c1-13(7-4-2-3-5-8(7)14(15,16)17)10(23)21(12(25)20-13)6-9(22)19-11(18)24/h2-5H,6H2,1H3,(H,20,25)(H3,18,19,22,24). The zero-order chi connectivity index (χ0) is 19.0. The van der Waals surface area contributed by atoms with Gasteiger partial charge in [-0.3, -0.25) is 19.8 Å². The Kier molecular flexibility index (Phi) is 4.43. The molecule has 11 heteroatoms. The van der Waals surface area contributed by atoms with Crippen molar-refractivity contribution in [2.75, 3.05) is 6.54 Å². The van der Waals surface area contributed by atoms with Crippen LogP contribution in [-0.2, 0) is 21.3 Å². The first-order valence-electron chi connectivity index (χ1n) is 6.87. The third-order valence-corrected chi connectivity index (χ3v) is 3.61. The number of hydrogen-bond acceptors (Lipinski definition) is 4. The van der Waals surface area contributed by atoms with Crippen molar-refractivity contribution >= 4 is 23.9 Å². The monoisotopic (exact) mass is 358 g/mol. The van der Waals surface area contributed by atoms with Crippen LogP contribution in [0.3, 0.4) is 0 Å². The Morgan fingerprint density at radius 1 is 1.28 bits per heavy atom. The molecule has 1 fully saturated rings. The van der Waals surface area contributed by atoms with Gasteiger partial charge in [0.15, 0.2) is 0 Å². The molecular weight excluding hydrogens is 345 g/mol. The van der Waals surface area contributed by atoms with E-state index in [1.165, 1.54) is 6.07 Å². The molecule has 1 heterocycles. The molecule has 0 radical (unpaired) electrons. The van der Waals surface area contributed by atoms with Gasteiger partial charge in [-0.15, -0.1) is 0 Å². The van der Waals surface area contributed by atoms with E-state index in [1.54, 1.807) is 5.32 Å². The van der Waals surface area contributed by atoms with E-state index in [9.17, 15) is 32.3 Å². The Morgan fingerprint density at radius 2 is 1.88 bits per heavy atom. The summed E-state index contributed by atoms with van der Waals surface area (Å²) >= 11 is 0. The van der Waals surface area contributed by atoms with Crippen LogP contribution >= 0.6 is 0 Å². The molecule has 8 nitrogen and oxygen atoms in total. The van der Waals surface area contributed by atoms with E-state index >= 15 is 0 Å². The lowest BCUT2D eigenvalue weighted by Gasteiger charge is -2.25. The molecule has 25 heavy (non-hydrogen) atoms. The number of nitrogens with zero attached hydrogens (tertiary/aromatic N) is 1. The lowest BCUT2D eigenvalue weighted by atomic mass is 9.87. The van der Waals surface area contributed by atoms with Crippen molar-refractivity contribution in [2.24, 2.45) is 5.73 Å². The molecule has 1 aliphatic rings. The van der Waals surface area contributed by atoms with Crippen molar-refractivity contribution in [1.82, 2.24) is 15.5 Å². The van der Waals surface area contributed by atoms with Crippen LogP contribution in [0.5, 0.6) is 0 Å². The van der Waals surface area contributed by atoms with Gasteiger partial charge in [0.25, 0.3) is 5.91 Å². The number of primary amides is 1. The third kappa shape index (κ3) is 3.39. The molecule has 0 bridgehead atoms. The minimum absolute atomic E-state index is 0.408. The SMILES string of the molecule is CC1(c2ccccc2C(F)(F)F)NC(=O)N(CC(=O)NC(N)=O)C1=O. The molecule has 134 valence electrons. The second kappa shape index (κ2) is 6.07. The Morgan fingerprint density at radius 3 is 2.44 bits per heavy atom. The van der Waals surface area contributed by atoms with E-state index in [2.05, 4.69) is 5.32 Å². The largest absolute Gasteiger partial charge is 0.416 e. The highest BCUT2D eigenvalue weighted by Gasteiger charge is 2.52. The maximum absolute atomic E-state index is 13.2. The molecular formula is C14H13F3N4O4. The molecule has 1 aromatic rings. The van der Waals surface area contributed by atoms with Crippen molar-refractivity contribution < 1.29 is 32.3 Å². The quantitative estimate of drug-likeness (QED) is 0.688. The van der Waals surface area contributed by atoms with Crippen molar-refractivity contribution in [1.29, 1.82) is 0 Å². The number of carbonyl (C=O) groups excluding carboxylic acids is 4. The summed E-state index contributed by atoms with van der Waals surface area (Å²) in [5, 5.41) is 3.82. The number of urea groups is 2. The molecule has 1 aliphatic heterocycles. The van der Waals surface area contributed by atoms with Gasteiger partial charge in [0.1, 0.15) is 12.1 Å². The zero-order valence-electron chi connectivity index (χ0n) is 12.8. The fourth-order valence-corrected chi connectivity index (χ4v) is 2.51. The van der Waals surface area contributed by atoms with Gasteiger partial charge in [0.05, 0.1) is 5.56 Å². The van der Waals surface area contributed by atoms with Gasteiger partial charge in [0, 0.05) is 0 Å². The number of amides is 6. The first-order chi connectivity index (χ1) is 11.5. The van der Waals surface area contributed by atoms with Crippen molar-refractivity contribution in [2.45, 2.75) is 18.6 Å². The predicted octanol–water partition coefficient (Wildman–Crippen LogP) is 0.667. The second-order valence-corrected chi connectivity index (χ2v) is 5.40. The minimum atomic E-state index is -4.75.